The first kappa shape index (κ1) is 11.3. The van der Waals surface area contributed by atoms with Gasteiger partial charge in [0.2, 0.25) is 0 Å². The first-order valence-electron chi connectivity index (χ1n) is 5.23. The molecule has 0 saturated carbocycles. The van der Waals surface area contributed by atoms with E-state index in [0.717, 1.165) is 19.5 Å². The minimum absolute atomic E-state index is 0.168. The molecule has 0 aromatic heterocycles. The van der Waals surface area contributed by atoms with Crippen LogP contribution in [-0.2, 0) is 4.74 Å². The van der Waals surface area contributed by atoms with E-state index in [4.69, 9.17) is 4.74 Å². The molecule has 1 saturated heterocycles. The summed E-state index contributed by atoms with van der Waals surface area (Å²) in [6, 6.07) is 0.480. The van der Waals surface area contributed by atoms with E-state index in [0.29, 0.717) is 12.6 Å². The molecule has 0 radical (unpaired) electrons. The van der Waals surface area contributed by atoms with Crippen molar-refractivity contribution < 1.29 is 9.53 Å². The number of piperidine rings is 1. The molecule has 1 heterocycles. The van der Waals surface area contributed by atoms with Crippen LogP contribution in [0.2, 0.25) is 0 Å². The highest BCUT2D eigenvalue weighted by Gasteiger charge is 2.25. The second-order valence-electron chi connectivity index (χ2n) is 3.90. The van der Waals surface area contributed by atoms with Gasteiger partial charge in [-0.2, -0.15) is 0 Å². The molecule has 0 spiro atoms. The molecule has 4 heteroatoms. The molecule has 4 nitrogen and oxygen atoms in total. The highest BCUT2D eigenvalue weighted by Crippen LogP contribution is 2.14. The first-order valence-corrected chi connectivity index (χ1v) is 5.23. The van der Waals surface area contributed by atoms with Gasteiger partial charge in [0.15, 0.2) is 0 Å². The summed E-state index contributed by atoms with van der Waals surface area (Å²) in [5, 5.41) is 0. The van der Waals surface area contributed by atoms with E-state index >= 15 is 0 Å². The molecular weight excluding hydrogens is 180 g/mol. The average Bonchev–Trinajstić information content (AvgIpc) is 2.18. The lowest BCUT2D eigenvalue weighted by Crippen LogP contribution is -2.47. The van der Waals surface area contributed by atoms with Crippen LogP contribution in [0.5, 0.6) is 0 Å². The summed E-state index contributed by atoms with van der Waals surface area (Å²) in [5.41, 5.74) is 0. The molecule has 0 aliphatic carbocycles. The van der Waals surface area contributed by atoms with Crippen LogP contribution in [0.1, 0.15) is 19.8 Å². The lowest BCUT2D eigenvalue weighted by Gasteiger charge is -2.35. The number of hydrogen-bond donors (Lipinski definition) is 0. The third kappa shape index (κ3) is 2.87. The summed E-state index contributed by atoms with van der Waals surface area (Å²) in [6.45, 7) is 3.93. The van der Waals surface area contributed by atoms with Crippen LogP contribution in [0.3, 0.4) is 0 Å². The molecule has 1 rings (SSSR count). The number of ether oxygens (including phenoxy) is 1. The van der Waals surface area contributed by atoms with Crippen molar-refractivity contribution in [3.05, 3.63) is 0 Å². The normalized spacial score (nSPS) is 22.6. The summed E-state index contributed by atoms with van der Waals surface area (Å²) >= 11 is 0. The van der Waals surface area contributed by atoms with Crippen molar-refractivity contribution in [2.45, 2.75) is 25.8 Å². The number of nitrogens with zero attached hydrogens (tertiary/aromatic N) is 2. The molecule has 0 aromatic carbocycles. The van der Waals surface area contributed by atoms with Crippen LogP contribution in [0, 0.1) is 0 Å². The lowest BCUT2D eigenvalue weighted by molar-refractivity contribution is 0.0794. The highest BCUT2D eigenvalue weighted by atomic mass is 16.6. The summed E-state index contributed by atoms with van der Waals surface area (Å²) in [6.07, 6.45) is 2.07. The van der Waals surface area contributed by atoms with Gasteiger partial charge in [0.1, 0.15) is 0 Å². The zero-order valence-electron chi connectivity index (χ0n) is 9.32. The van der Waals surface area contributed by atoms with E-state index in [1.807, 2.05) is 6.92 Å². The SMILES string of the molecule is CCOC(=O)N1CCCC(N(C)C)C1. The molecular formula is C10H20N2O2. The van der Waals surface area contributed by atoms with Crippen LogP contribution >= 0.6 is 0 Å². The van der Waals surface area contributed by atoms with Gasteiger partial charge < -0.3 is 14.5 Å². The number of carbonyl (C=O) groups is 1. The van der Waals surface area contributed by atoms with E-state index in [2.05, 4.69) is 19.0 Å². The average molecular weight is 200 g/mol. The monoisotopic (exact) mass is 200 g/mol. The Morgan fingerprint density at radius 3 is 2.86 bits per heavy atom. The fourth-order valence-corrected chi connectivity index (χ4v) is 1.76. The Hall–Kier alpha value is -0.770. The third-order valence-electron chi connectivity index (χ3n) is 2.65. The lowest BCUT2D eigenvalue weighted by atomic mass is 10.1. The smallest absolute Gasteiger partial charge is 0.409 e. The van der Waals surface area contributed by atoms with Gasteiger partial charge in [-0.1, -0.05) is 0 Å². The number of carbonyl (C=O) groups excluding carboxylic acids is 1. The maximum Gasteiger partial charge on any atom is 0.409 e. The maximum absolute atomic E-state index is 11.5. The van der Waals surface area contributed by atoms with Gasteiger partial charge in [0.25, 0.3) is 0 Å². The summed E-state index contributed by atoms with van der Waals surface area (Å²) in [7, 11) is 4.11. The van der Waals surface area contributed by atoms with E-state index in [1.165, 1.54) is 6.42 Å². The van der Waals surface area contributed by atoms with Gasteiger partial charge >= 0.3 is 6.09 Å². The van der Waals surface area contributed by atoms with Crippen LogP contribution < -0.4 is 0 Å². The van der Waals surface area contributed by atoms with Crippen molar-refractivity contribution in [3.63, 3.8) is 0 Å². The fourth-order valence-electron chi connectivity index (χ4n) is 1.76. The van der Waals surface area contributed by atoms with Crippen molar-refractivity contribution in [1.29, 1.82) is 0 Å². The Balaban J connectivity index is 2.43. The van der Waals surface area contributed by atoms with Gasteiger partial charge in [0.05, 0.1) is 6.61 Å². The molecule has 0 aromatic rings. The van der Waals surface area contributed by atoms with Gasteiger partial charge in [-0.05, 0) is 33.9 Å². The van der Waals surface area contributed by atoms with E-state index in [1.54, 1.807) is 4.90 Å². The first-order chi connectivity index (χ1) is 6.65. The van der Waals surface area contributed by atoms with Gasteiger partial charge in [-0.3, -0.25) is 0 Å². The predicted octanol–water partition coefficient (Wildman–Crippen LogP) is 1.17. The number of rotatable bonds is 2. The molecule has 1 amide bonds. The summed E-state index contributed by atoms with van der Waals surface area (Å²) in [4.78, 5) is 15.4. The molecule has 82 valence electrons. The van der Waals surface area contributed by atoms with Crippen molar-refractivity contribution in [1.82, 2.24) is 9.80 Å². The maximum atomic E-state index is 11.5. The molecule has 1 aliphatic heterocycles. The molecule has 14 heavy (non-hydrogen) atoms. The van der Waals surface area contributed by atoms with Crippen molar-refractivity contribution >= 4 is 6.09 Å². The Morgan fingerprint density at radius 2 is 2.29 bits per heavy atom. The van der Waals surface area contributed by atoms with Crippen molar-refractivity contribution in [2.24, 2.45) is 0 Å². The molecule has 1 fully saturated rings. The minimum Gasteiger partial charge on any atom is -0.450 e. The van der Waals surface area contributed by atoms with Gasteiger partial charge in [-0.25, -0.2) is 4.79 Å². The predicted molar refractivity (Wildman–Crippen MR) is 55.3 cm³/mol. The zero-order chi connectivity index (χ0) is 10.6. The van der Waals surface area contributed by atoms with Crippen LogP contribution in [-0.4, -0.2) is 55.7 Å². The summed E-state index contributed by atoms with van der Waals surface area (Å²) in [5.74, 6) is 0. The molecule has 1 aliphatic rings. The van der Waals surface area contributed by atoms with Crippen molar-refractivity contribution in [3.8, 4) is 0 Å². The molecule has 0 N–H and O–H groups in total. The molecule has 0 bridgehead atoms. The Kier molecular flexibility index (Phi) is 4.20. The quantitative estimate of drug-likeness (QED) is 0.670. The Bertz CT molecular complexity index is 195. The van der Waals surface area contributed by atoms with Gasteiger partial charge in [0, 0.05) is 19.1 Å². The van der Waals surface area contributed by atoms with Crippen LogP contribution in [0.4, 0.5) is 4.79 Å². The highest BCUT2D eigenvalue weighted by molar-refractivity contribution is 5.67. The molecule has 1 unspecified atom stereocenters. The second kappa shape index (κ2) is 5.20. The van der Waals surface area contributed by atoms with E-state index < -0.39 is 0 Å². The topological polar surface area (TPSA) is 32.8 Å². The van der Waals surface area contributed by atoms with Crippen LogP contribution in [0.15, 0.2) is 0 Å². The van der Waals surface area contributed by atoms with Gasteiger partial charge in [-0.15, -0.1) is 0 Å². The number of likely N-dealkylation sites (tertiary alicyclic amines) is 1. The van der Waals surface area contributed by atoms with E-state index in [-0.39, 0.29) is 6.09 Å². The minimum atomic E-state index is -0.168. The number of hydrogen-bond acceptors (Lipinski definition) is 3. The standard InChI is InChI=1S/C10H20N2O2/c1-4-14-10(13)12-7-5-6-9(8-12)11(2)3/h9H,4-8H2,1-3H3. The Labute approximate surface area is 85.8 Å². The largest absolute Gasteiger partial charge is 0.450 e. The summed E-state index contributed by atoms with van der Waals surface area (Å²) < 4.78 is 4.98. The second-order valence-corrected chi connectivity index (χ2v) is 3.90. The van der Waals surface area contributed by atoms with Crippen molar-refractivity contribution in [2.75, 3.05) is 33.8 Å². The number of likely N-dealkylation sites (N-methyl/N-ethyl adjacent to an activating group) is 1. The molecule has 1 atom stereocenters. The fraction of sp³-hybridized carbons (Fsp3) is 0.900. The van der Waals surface area contributed by atoms with Crippen LogP contribution in [0.25, 0.3) is 0 Å². The van der Waals surface area contributed by atoms with E-state index in [9.17, 15) is 4.79 Å². The third-order valence-corrected chi connectivity index (χ3v) is 2.65. The zero-order valence-corrected chi connectivity index (χ0v) is 9.32. The number of amides is 1. The Morgan fingerprint density at radius 1 is 1.57 bits per heavy atom.